The van der Waals surface area contributed by atoms with Crippen LogP contribution >= 0.6 is 0 Å². The quantitative estimate of drug-likeness (QED) is 0.861. The van der Waals surface area contributed by atoms with Crippen molar-refractivity contribution in [1.82, 2.24) is 9.88 Å². The fourth-order valence-corrected chi connectivity index (χ4v) is 2.54. The molecule has 0 saturated carbocycles. The van der Waals surface area contributed by atoms with Gasteiger partial charge >= 0.3 is 6.09 Å². The molecule has 1 aliphatic rings. The molecule has 0 bridgehead atoms. The molecule has 5 nitrogen and oxygen atoms in total. The molecule has 1 atom stereocenters. The van der Waals surface area contributed by atoms with Gasteiger partial charge in [-0.15, -0.1) is 0 Å². The number of rotatable bonds is 3. The maximum Gasteiger partial charge on any atom is 0.410 e. The van der Waals surface area contributed by atoms with Gasteiger partial charge in [-0.25, -0.2) is 4.79 Å². The van der Waals surface area contributed by atoms with Crippen molar-refractivity contribution in [3.05, 3.63) is 30.1 Å². The average molecular weight is 304 g/mol. The number of ether oxygens (including phenoxy) is 1. The van der Waals surface area contributed by atoms with E-state index in [1.807, 2.05) is 39.1 Å². The Balaban J connectivity index is 1.91. The zero-order valence-corrected chi connectivity index (χ0v) is 13.5. The number of hydrogen-bond acceptors (Lipinski definition) is 4. The van der Waals surface area contributed by atoms with Gasteiger partial charge in [0, 0.05) is 37.8 Å². The Bertz CT molecular complexity index is 522. The number of amides is 1. The average Bonchev–Trinajstić information content (AvgIpc) is 2.45. The summed E-state index contributed by atoms with van der Waals surface area (Å²) in [4.78, 5) is 29.9. The summed E-state index contributed by atoms with van der Waals surface area (Å²) >= 11 is 0. The van der Waals surface area contributed by atoms with E-state index >= 15 is 0 Å². The molecule has 1 aromatic heterocycles. The van der Waals surface area contributed by atoms with Gasteiger partial charge in [-0.2, -0.15) is 0 Å². The molecule has 1 aromatic rings. The highest BCUT2D eigenvalue weighted by atomic mass is 16.6. The van der Waals surface area contributed by atoms with Crippen molar-refractivity contribution in [1.29, 1.82) is 0 Å². The van der Waals surface area contributed by atoms with Crippen molar-refractivity contribution in [3.8, 4) is 0 Å². The molecule has 2 heterocycles. The van der Waals surface area contributed by atoms with Gasteiger partial charge < -0.3 is 9.64 Å². The number of hydrogen-bond donors (Lipinski definition) is 0. The standard InChI is InChI=1S/C17H24N2O3/c1-17(2,3)22-16(21)19-10-8-15(20)14(12-19)7-6-13-5-4-9-18-11-13/h4-5,9,11,14H,6-8,10,12H2,1-3H3. The number of ketones is 1. The Morgan fingerprint density at radius 2 is 2.23 bits per heavy atom. The van der Waals surface area contributed by atoms with E-state index in [4.69, 9.17) is 4.74 Å². The lowest BCUT2D eigenvalue weighted by molar-refractivity contribution is -0.126. The van der Waals surface area contributed by atoms with Crippen LogP contribution in [-0.4, -0.2) is 40.5 Å². The van der Waals surface area contributed by atoms with E-state index in [1.165, 1.54) is 0 Å². The smallest absolute Gasteiger partial charge is 0.410 e. The summed E-state index contributed by atoms with van der Waals surface area (Å²) in [5.74, 6) is 0.130. The zero-order chi connectivity index (χ0) is 16.2. The third-order valence-electron chi connectivity index (χ3n) is 3.68. The summed E-state index contributed by atoms with van der Waals surface area (Å²) in [6, 6.07) is 3.90. The lowest BCUT2D eigenvalue weighted by Gasteiger charge is -2.33. The number of aryl methyl sites for hydroxylation is 1. The van der Waals surface area contributed by atoms with Gasteiger partial charge in [-0.3, -0.25) is 9.78 Å². The van der Waals surface area contributed by atoms with Crippen molar-refractivity contribution < 1.29 is 14.3 Å². The van der Waals surface area contributed by atoms with Crippen molar-refractivity contribution in [2.75, 3.05) is 13.1 Å². The lowest BCUT2D eigenvalue weighted by atomic mass is 9.91. The van der Waals surface area contributed by atoms with Crippen LogP contribution < -0.4 is 0 Å². The van der Waals surface area contributed by atoms with Crippen LogP contribution in [0.4, 0.5) is 4.79 Å². The van der Waals surface area contributed by atoms with Crippen molar-refractivity contribution >= 4 is 11.9 Å². The normalized spacial score (nSPS) is 19.1. The number of likely N-dealkylation sites (tertiary alicyclic amines) is 1. The molecule has 120 valence electrons. The van der Waals surface area contributed by atoms with Crippen molar-refractivity contribution in [2.45, 2.75) is 45.6 Å². The molecule has 0 N–H and O–H groups in total. The molecule has 22 heavy (non-hydrogen) atoms. The molecule has 2 rings (SSSR count). The third-order valence-corrected chi connectivity index (χ3v) is 3.68. The summed E-state index contributed by atoms with van der Waals surface area (Å²) in [5, 5.41) is 0. The fourth-order valence-electron chi connectivity index (χ4n) is 2.54. The van der Waals surface area contributed by atoms with Crippen LogP contribution in [0.5, 0.6) is 0 Å². The predicted octanol–water partition coefficient (Wildman–Crippen LogP) is 2.84. The van der Waals surface area contributed by atoms with Gasteiger partial charge in [0.15, 0.2) is 0 Å². The van der Waals surface area contributed by atoms with E-state index in [2.05, 4.69) is 4.98 Å². The number of nitrogens with zero attached hydrogens (tertiary/aromatic N) is 2. The highest BCUT2D eigenvalue weighted by Crippen LogP contribution is 2.20. The summed E-state index contributed by atoms with van der Waals surface area (Å²) < 4.78 is 5.39. The van der Waals surface area contributed by atoms with E-state index in [0.717, 1.165) is 18.4 Å². The molecule has 1 fully saturated rings. The minimum absolute atomic E-state index is 0.110. The Morgan fingerprint density at radius 3 is 2.86 bits per heavy atom. The Kier molecular flexibility index (Phi) is 5.16. The third kappa shape index (κ3) is 4.83. The summed E-state index contributed by atoms with van der Waals surface area (Å²) in [6.07, 6.45) is 5.18. The highest BCUT2D eigenvalue weighted by molar-refractivity contribution is 5.84. The molecule has 0 aromatic carbocycles. The second-order valence-corrected chi connectivity index (χ2v) is 6.74. The van der Waals surface area contributed by atoms with Crippen LogP contribution in [0.15, 0.2) is 24.5 Å². The molecular weight excluding hydrogens is 280 g/mol. The molecule has 1 amide bonds. The monoisotopic (exact) mass is 304 g/mol. The van der Waals surface area contributed by atoms with E-state index in [1.54, 1.807) is 11.1 Å². The molecule has 1 unspecified atom stereocenters. The highest BCUT2D eigenvalue weighted by Gasteiger charge is 2.31. The first kappa shape index (κ1) is 16.5. The maximum atomic E-state index is 12.1. The SMILES string of the molecule is CC(C)(C)OC(=O)N1CCC(=O)C(CCc2cccnc2)C1. The first-order valence-corrected chi connectivity index (χ1v) is 7.75. The number of aromatic nitrogens is 1. The molecule has 5 heteroatoms. The topological polar surface area (TPSA) is 59.5 Å². The number of pyridine rings is 1. The van der Waals surface area contributed by atoms with Crippen LogP contribution in [-0.2, 0) is 16.0 Å². The van der Waals surface area contributed by atoms with E-state index in [0.29, 0.717) is 19.5 Å². The van der Waals surface area contributed by atoms with E-state index in [-0.39, 0.29) is 17.8 Å². The number of Topliss-reactive ketones (excluding diaryl/α,β-unsaturated/α-hetero) is 1. The number of carbonyl (C=O) groups excluding carboxylic acids is 2. The van der Waals surface area contributed by atoms with Gasteiger partial charge in [0.25, 0.3) is 0 Å². The first-order valence-electron chi connectivity index (χ1n) is 7.75. The summed E-state index contributed by atoms with van der Waals surface area (Å²) in [6.45, 7) is 6.45. The molecular formula is C17H24N2O3. The molecule has 0 radical (unpaired) electrons. The van der Waals surface area contributed by atoms with Crippen LogP contribution in [0.3, 0.4) is 0 Å². The van der Waals surface area contributed by atoms with Gasteiger partial charge in [0.05, 0.1) is 0 Å². The fraction of sp³-hybridized carbons (Fsp3) is 0.588. The van der Waals surface area contributed by atoms with Crippen molar-refractivity contribution in [2.24, 2.45) is 5.92 Å². The van der Waals surface area contributed by atoms with Gasteiger partial charge in [0.2, 0.25) is 0 Å². The Morgan fingerprint density at radius 1 is 1.45 bits per heavy atom. The minimum Gasteiger partial charge on any atom is -0.444 e. The largest absolute Gasteiger partial charge is 0.444 e. The van der Waals surface area contributed by atoms with Gasteiger partial charge in [0.1, 0.15) is 11.4 Å². The van der Waals surface area contributed by atoms with Crippen LogP contribution in [0.2, 0.25) is 0 Å². The van der Waals surface area contributed by atoms with Crippen LogP contribution in [0.1, 0.15) is 39.2 Å². The van der Waals surface area contributed by atoms with Crippen molar-refractivity contribution in [3.63, 3.8) is 0 Å². The van der Waals surface area contributed by atoms with Crippen LogP contribution in [0.25, 0.3) is 0 Å². The molecule has 0 spiro atoms. The van der Waals surface area contributed by atoms with Crippen LogP contribution in [0, 0.1) is 5.92 Å². The first-order chi connectivity index (χ1) is 10.3. The molecule has 0 aliphatic carbocycles. The zero-order valence-electron chi connectivity index (χ0n) is 13.5. The van der Waals surface area contributed by atoms with Gasteiger partial charge in [-0.1, -0.05) is 6.07 Å². The second-order valence-electron chi connectivity index (χ2n) is 6.74. The Hall–Kier alpha value is -1.91. The minimum atomic E-state index is -0.510. The van der Waals surface area contributed by atoms with E-state index < -0.39 is 5.60 Å². The number of carbonyl (C=O) groups is 2. The lowest BCUT2D eigenvalue weighted by Crippen LogP contribution is -2.46. The summed E-state index contributed by atoms with van der Waals surface area (Å²) in [5.41, 5.74) is 0.605. The molecule has 1 aliphatic heterocycles. The van der Waals surface area contributed by atoms with E-state index in [9.17, 15) is 9.59 Å². The number of piperidine rings is 1. The predicted molar refractivity (Wildman–Crippen MR) is 83.5 cm³/mol. The Labute approximate surface area is 131 Å². The second kappa shape index (κ2) is 6.90. The van der Waals surface area contributed by atoms with Gasteiger partial charge in [-0.05, 0) is 45.2 Å². The molecule has 1 saturated heterocycles. The maximum absolute atomic E-state index is 12.1. The summed E-state index contributed by atoms with van der Waals surface area (Å²) in [7, 11) is 0.